The van der Waals surface area contributed by atoms with Gasteiger partial charge >= 0.3 is 0 Å². The summed E-state index contributed by atoms with van der Waals surface area (Å²) in [6.45, 7) is 4.66. The van der Waals surface area contributed by atoms with Gasteiger partial charge < -0.3 is 0 Å². The van der Waals surface area contributed by atoms with E-state index in [1.807, 2.05) is 0 Å². The number of rotatable bonds is 1. The van der Waals surface area contributed by atoms with Crippen molar-refractivity contribution in [3.63, 3.8) is 0 Å². The summed E-state index contributed by atoms with van der Waals surface area (Å²) in [5.74, 6) is 3.09. The number of fused-ring (bicyclic) bond motifs is 2. The first-order valence-electron chi connectivity index (χ1n) is 4.76. The van der Waals surface area contributed by atoms with Crippen LogP contribution < -0.4 is 0 Å². The molecule has 3 unspecified atom stereocenters. The normalized spacial score (nSPS) is 43.4. The Hall–Kier alpha value is 0.480. The van der Waals surface area contributed by atoms with E-state index >= 15 is 0 Å². The molecule has 2 saturated carbocycles. The van der Waals surface area contributed by atoms with Crippen LogP contribution in [0.4, 0.5) is 0 Å². The average Bonchev–Trinajstić information content (AvgIpc) is 2.42. The van der Waals surface area contributed by atoms with Crippen LogP contribution in [0.5, 0.6) is 0 Å². The third-order valence-corrected chi connectivity index (χ3v) is 4.21. The molecule has 0 nitrogen and oxygen atoms in total. The van der Waals surface area contributed by atoms with Gasteiger partial charge in [0.05, 0.1) is 0 Å². The van der Waals surface area contributed by atoms with Crippen LogP contribution in [-0.2, 0) is 0 Å². The molecule has 64 valence electrons. The van der Waals surface area contributed by atoms with Crippen molar-refractivity contribution in [2.75, 3.05) is 0 Å². The van der Waals surface area contributed by atoms with Crippen LogP contribution >= 0.6 is 15.9 Å². The zero-order valence-electron chi connectivity index (χ0n) is 7.44. The summed E-state index contributed by atoms with van der Waals surface area (Å²) in [6.07, 6.45) is 6.04. The van der Waals surface area contributed by atoms with Gasteiger partial charge in [-0.1, -0.05) is 22.4 Å². The zero-order valence-corrected chi connectivity index (χ0v) is 9.02. The molecule has 0 spiro atoms. The summed E-state index contributed by atoms with van der Waals surface area (Å²) >= 11 is 3.81. The van der Waals surface area contributed by atoms with Crippen LogP contribution in [0.25, 0.3) is 0 Å². The van der Waals surface area contributed by atoms with E-state index in [9.17, 15) is 0 Å². The standard InChI is InChI=1S/C10H17Br/c1-10(2,11)9-6-7-3-4-8(9)5-7/h7-9H,3-6H2,1-2H3. The maximum atomic E-state index is 3.81. The van der Waals surface area contributed by atoms with Gasteiger partial charge in [0.15, 0.2) is 0 Å². The summed E-state index contributed by atoms with van der Waals surface area (Å²) in [4.78, 5) is 0. The highest BCUT2D eigenvalue weighted by Crippen LogP contribution is 2.53. The summed E-state index contributed by atoms with van der Waals surface area (Å²) in [5.41, 5.74) is 0. The lowest BCUT2D eigenvalue weighted by Crippen LogP contribution is -2.28. The smallest absolute Gasteiger partial charge is 0.0232 e. The topological polar surface area (TPSA) is 0 Å². The van der Waals surface area contributed by atoms with Gasteiger partial charge in [0.25, 0.3) is 0 Å². The highest BCUT2D eigenvalue weighted by molar-refractivity contribution is 9.10. The fourth-order valence-electron chi connectivity index (χ4n) is 3.09. The second kappa shape index (κ2) is 2.48. The van der Waals surface area contributed by atoms with E-state index in [2.05, 4.69) is 29.8 Å². The maximum Gasteiger partial charge on any atom is 0.0232 e. The van der Waals surface area contributed by atoms with Crippen LogP contribution in [0, 0.1) is 17.8 Å². The summed E-state index contributed by atoms with van der Waals surface area (Å²) in [6, 6.07) is 0. The van der Waals surface area contributed by atoms with Gasteiger partial charge in [0.2, 0.25) is 0 Å². The highest BCUT2D eigenvalue weighted by atomic mass is 79.9. The number of alkyl halides is 1. The molecule has 2 bridgehead atoms. The Morgan fingerprint density at radius 1 is 1.18 bits per heavy atom. The van der Waals surface area contributed by atoms with E-state index in [-0.39, 0.29) is 0 Å². The fraction of sp³-hybridized carbons (Fsp3) is 1.00. The first-order valence-corrected chi connectivity index (χ1v) is 5.55. The van der Waals surface area contributed by atoms with Crippen molar-refractivity contribution < 1.29 is 0 Å². The molecule has 2 rings (SSSR count). The molecule has 0 aromatic rings. The molecule has 0 N–H and O–H groups in total. The van der Waals surface area contributed by atoms with Crippen LogP contribution in [0.2, 0.25) is 0 Å². The molecule has 2 fully saturated rings. The lowest BCUT2D eigenvalue weighted by atomic mass is 9.81. The number of hydrogen-bond acceptors (Lipinski definition) is 0. The third kappa shape index (κ3) is 1.37. The van der Waals surface area contributed by atoms with Crippen molar-refractivity contribution in [3.05, 3.63) is 0 Å². The molecule has 0 heterocycles. The molecule has 2 aliphatic rings. The van der Waals surface area contributed by atoms with E-state index < -0.39 is 0 Å². The van der Waals surface area contributed by atoms with Gasteiger partial charge in [-0.05, 0) is 50.9 Å². The van der Waals surface area contributed by atoms with Gasteiger partial charge in [-0.15, -0.1) is 0 Å². The molecule has 1 heteroatoms. The zero-order chi connectivity index (χ0) is 8.06. The van der Waals surface area contributed by atoms with Crippen molar-refractivity contribution in [3.8, 4) is 0 Å². The van der Waals surface area contributed by atoms with E-state index in [0.29, 0.717) is 4.32 Å². The van der Waals surface area contributed by atoms with Crippen molar-refractivity contribution in [1.82, 2.24) is 0 Å². The molecule has 0 saturated heterocycles. The number of hydrogen-bond donors (Lipinski definition) is 0. The average molecular weight is 217 g/mol. The predicted molar refractivity (Wildman–Crippen MR) is 51.9 cm³/mol. The molecule has 11 heavy (non-hydrogen) atoms. The Kier molecular flexibility index (Phi) is 1.83. The van der Waals surface area contributed by atoms with Gasteiger partial charge in [0.1, 0.15) is 0 Å². The maximum absolute atomic E-state index is 3.81. The van der Waals surface area contributed by atoms with Crippen molar-refractivity contribution in [1.29, 1.82) is 0 Å². The Labute approximate surface area is 77.9 Å². The van der Waals surface area contributed by atoms with Gasteiger partial charge in [0, 0.05) is 4.32 Å². The molecule has 2 aliphatic carbocycles. The molecular formula is C10H17Br. The van der Waals surface area contributed by atoms with Crippen molar-refractivity contribution in [2.45, 2.75) is 43.9 Å². The Morgan fingerprint density at radius 3 is 2.18 bits per heavy atom. The predicted octanol–water partition coefficient (Wildman–Crippen LogP) is 3.60. The van der Waals surface area contributed by atoms with Crippen LogP contribution in [0.3, 0.4) is 0 Å². The monoisotopic (exact) mass is 216 g/mol. The molecule has 0 radical (unpaired) electrons. The lowest BCUT2D eigenvalue weighted by Gasteiger charge is -2.32. The van der Waals surface area contributed by atoms with E-state index in [4.69, 9.17) is 0 Å². The number of halogens is 1. The van der Waals surface area contributed by atoms with Gasteiger partial charge in [-0.25, -0.2) is 0 Å². The molecule has 0 aromatic carbocycles. The summed E-state index contributed by atoms with van der Waals surface area (Å²) < 4.78 is 0.396. The largest absolute Gasteiger partial charge is 0.0856 e. The fourth-order valence-corrected chi connectivity index (χ4v) is 3.65. The first-order chi connectivity index (χ1) is 5.07. The third-order valence-electron chi connectivity index (χ3n) is 3.62. The minimum absolute atomic E-state index is 0.396. The Bertz CT molecular complexity index is 157. The Balaban J connectivity index is 2.08. The summed E-state index contributed by atoms with van der Waals surface area (Å²) in [7, 11) is 0. The van der Waals surface area contributed by atoms with E-state index in [0.717, 1.165) is 17.8 Å². The highest BCUT2D eigenvalue weighted by Gasteiger charge is 2.45. The van der Waals surface area contributed by atoms with Gasteiger partial charge in [-0.2, -0.15) is 0 Å². The van der Waals surface area contributed by atoms with Crippen LogP contribution in [0.1, 0.15) is 39.5 Å². The second-order valence-electron chi connectivity index (χ2n) is 4.85. The molecule has 0 aromatic heterocycles. The van der Waals surface area contributed by atoms with Crippen LogP contribution in [0.15, 0.2) is 0 Å². The minimum atomic E-state index is 0.396. The summed E-state index contributed by atoms with van der Waals surface area (Å²) in [5, 5.41) is 0. The Morgan fingerprint density at radius 2 is 1.91 bits per heavy atom. The van der Waals surface area contributed by atoms with E-state index in [1.54, 1.807) is 0 Å². The van der Waals surface area contributed by atoms with Crippen molar-refractivity contribution >= 4 is 15.9 Å². The second-order valence-corrected chi connectivity index (χ2v) is 6.89. The SMILES string of the molecule is CC(C)(Br)C1CC2CCC1C2. The molecular weight excluding hydrogens is 200 g/mol. The van der Waals surface area contributed by atoms with Gasteiger partial charge in [-0.3, -0.25) is 0 Å². The quantitative estimate of drug-likeness (QED) is 0.588. The molecule has 3 atom stereocenters. The molecule has 0 aliphatic heterocycles. The lowest BCUT2D eigenvalue weighted by molar-refractivity contribution is 0.284. The minimum Gasteiger partial charge on any atom is -0.0856 e. The van der Waals surface area contributed by atoms with Crippen LogP contribution in [-0.4, -0.2) is 4.32 Å². The first kappa shape index (κ1) is 8.10. The molecule has 0 amide bonds. The van der Waals surface area contributed by atoms with E-state index in [1.165, 1.54) is 25.7 Å². The van der Waals surface area contributed by atoms with Crippen molar-refractivity contribution in [2.24, 2.45) is 17.8 Å².